The monoisotopic (exact) mass is 710 g/mol. The fraction of sp³-hybridized carbons (Fsp3) is 0.100. The summed E-state index contributed by atoms with van der Waals surface area (Å²) in [4.78, 5) is 34.4. The van der Waals surface area contributed by atoms with Crippen LogP contribution in [0.3, 0.4) is 0 Å². The molecule has 0 aliphatic carbocycles. The molecule has 1 unspecified atom stereocenters. The number of carboxylic acid groups (broad SMARTS) is 1. The Morgan fingerprint density at radius 3 is 2.09 bits per heavy atom. The van der Waals surface area contributed by atoms with Gasteiger partial charge in [-0.15, -0.1) is 0 Å². The first-order valence-electron chi connectivity index (χ1n) is 10.6. The molecule has 3 aromatic rings. The minimum Gasteiger partial charge on any atom is -0.744 e. The Hall–Kier alpha value is -1.14. The van der Waals surface area contributed by atoms with Crippen LogP contribution in [0.2, 0.25) is 10.6 Å². The molecule has 214 valence electrons. The van der Waals surface area contributed by atoms with Crippen molar-refractivity contribution in [2.24, 2.45) is 15.3 Å². The van der Waals surface area contributed by atoms with E-state index in [2.05, 4.69) is 35.6 Å². The first-order chi connectivity index (χ1) is 19.0. The first kappa shape index (κ1) is 40.9. The maximum atomic E-state index is 13.1. The van der Waals surface area contributed by atoms with Gasteiger partial charge in [-0.1, -0.05) is 0 Å². The molecule has 1 amide bonds. The Kier molecular flexibility index (Phi) is 15.0. The Morgan fingerprint density at radius 2 is 1.57 bits per heavy atom. The van der Waals surface area contributed by atoms with Crippen molar-refractivity contribution in [3.8, 4) is 0 Å². The van der Waals surface area contributed by atoms with E-state index in [0.29, 0.717) is 5.01 Å². The van der Waals surface area contributed by atoms with Gasteiger partial charge in [0.2, 0.25) is 16.5 Å². The Morgan fingerprint density at radius 1 is 0.955 bits per heavy atom. The minimum absolute atomic E-state index is 0. The van der Waals surface area contributed by atoms with E-state index in [-0.39, 0.29) is 122 Å². The van der Waals surface area contributed by atoms with Crippen molar-refractivity contribution in [2.45, 2.75) is 22.8 Å². The third-order valence-electron chi connectivity index (χ3n) is 5.15. The summed E-state index contributed by atoms with van der Waals surface area (Å²) in [7, 11) is -9.97. The molecule has 2 heterocycles. The summed E-state index contributed by atoms with van der Waals surface area (Å²) in [5.41, 5.74) is -1.54. The molecule has 1 atom stereocenters. The standard InChI is InChI=1S/C20H14Cl2N8O9S2.3Na/c1-8-6-10(40(34,35)36)3-4-12(8)30-16(31)14(15(29-30)17(32)33)28-27-11-7-9(2-5-13(11)41(37,38)39)23-20-25-18(21)24-19(22)26-20;;;/h2-7,14H,1H3,(H,32,33)(H,34,35,36)(H,37,38,39)(H,23,24,25,26);;;/q;3*+1/p-3. The number of nitrogens with one attached hydrogen (secondary N) is 1. The summed E-state index contributed by atoms with van der Waals surface area (Å²) in [5, 5.41) is 25.3. The largest absolute Gasteiger partial charge is 1.00 e. The molecular weight excluding hydrogens is 700 g/mol. The van der Waals surface area contributed by atoms with Gasteiger partial charge in [0, 0.05) is 5.69 Å². The smallest absolute Gasteiger partial charge is 0.744 e. The molecule has 0 radical (unpaired) electrons. The van der Waals surface area contributed by atoms with Crippen molar-refractivity contribution >= 4 is 84.0 Å². The van der Waals surface area contributed by atoms with Crippen molar-refractivity contribution in [1.82, 2.24) is 15.0 Å². The molecule has 44 heavy (non-hydrogen) atoms. The van der Waals surface area contributed by atoms with Crippen LogP contribution >= 0.6 is 23.2 Å². The summed E-state index contributed by atoms with van der Waals surface area (Å²) >= 11 is 11.4. The van der Waals surface area contributed by atoms with Gasteiger partial charge in [-0.2, -0.15) is 35.3 Å². The summed E-state index contributed by atoms with van der Waals surface area (Å²) in [6, 6.07) is 3.91. The number of aromatic nitrogens is 3. The number of carbonyl (C=O) groups excluding carboxylic acids is 2. The Labute approximate surface area is 325 Å². The summed E-state index contributed by atoms with van der Waals surface area (Å²) in [6.07, 6.45) is 0. The average Bonchev–Trinajstić information content (AvgIpc) is 3.17. The van der Waals surface area contributed by atoms with Gasteiger partial charge in [0.15, 0.2) is 6.04 Å². The molecule has 1 aliphatic heterocycles. The molecular formula is C20H11Cl2N8Na3O9S2. The average molecular weight is 711 g/mol. The third kappa shape index (κ3) is 9.69. The molecule has 17 nitrogen and oxygen atoms in total. The number of hydrogen-bond donors (Lipinski definition) is 1. The van der Waals surface area contributed by atoms with Crippen molar-refractivity contribution in [3.05, 3.63) is 52.5 Å². The van der Waals surface area contributed by atoms with E-state index < -0.39 is 59.3 Å². The van der Waals surface area contributed by atoms with Crippen LogP contribution in [0.25, 0.3) is 0 Å². The van der Waals surface area contributed by atoms with E-state index in [1.165, 1.54) is 6.92 Å². The fourth-order valence-electron chi connectivity index (χ4n) is 3.41. The molecule has 0 saturated heterocycles. The molecule has 24 heteroatoms. The van der Waals surface area contributed by atoms with Crippen LogP contribution in [0.4, 0.5) is 23.0 Å². The zero-order chi connectivity index (χ0) is 30.3. The van der Waals surface area contributed by atoms with Crippen LogP contribution in [0.15, 0.2) is 61.5 Å². The zero-order valence-corrected chi connectivity index (χ0v) is 32.1. The van der Waals surface area contributed by atoms with Crippen LogP contribution in [0.5, 0.6) is 0 Å². The SMILES string of the molecule is Cc1cc(S(=O)(=O)[O-])ccc1N1N=C(C(=O)[O-])C(N=Nc2cc(Nc3nc(Cl)nc(Cl)n3)ccc2S(=O)(=O)[O-])C1=O.[Na+].[Na+].[Na+]. The van der Waals surface area contributed by atoms with E-state index in [9.17, 15) is 40.6 Å². The summed E-state index contributed by atoms with van der Waals surface area (Å²) in [5.74, 6) is -3.21. The van der Waals surface area contributed by atoms with Gasteiger partial charge < -0.3 is 24.3 Å². The predicted octanol–water partition coefficient (Wildman–Crippen LogP) is -8.34. The molecule has 1 N–H and O–H groups in total. The van der Waals surface area contributed by atoms with Crippen molar-refractivity contribution < 1.29 is 129 Å². The van der Waals surface area contributed by atoms with Crippen LogP contribution in [0.1, 0.15) is 5.56 Å². The van der Waals surface area contributed by atoms with Gasteiger partial charge in [0.1, 0.15) is 31.6 Å². The van der Waals surface area contributed by atoms with Crippen LogP contribution in [-0.4, -0.2) is 64.5 Å². The third-order valence-corrected chi connectivity index (χ3v) is 7.20. The van der Waals surface area contributed by atoms with Gasteiger partial charge >= 0.3 is 88.7 Å². The molecule has 0 fully saturated rings. The van der Waals surface area contributed by atoms with Gasteiger partial charge in [0.05, 0.1) is 21.4 Å². The maximum absolute atomic E-state index is 13.1. The molecule has 0 spiro atoms. The summed E-state index contributed by atoms with van der Waals surface area (Å²) in [6.45, 7) is 1.33. The van der Waals surface area contributed by atoms with Gasteiger partial charge in [-0.05, 0) is 72.1 Å². The van der Waals surface area contributed by atoms with E-state index >= 15 is 0 Å². The second-order valence-corrected chi connectivity index (χ2v) is 11.3. The number of hydrogen-bond acceptors (Lipinski definition) is 16. The van der Waals surface area contributed by atoms with Gasteiger partial charge in [-0.25, -0.2) is 16.8 Å². The number of amides is 1. The van der Waals surface area contributed by atoms with E-state index in [1.807, 2.05) is 0 Å². The van der Waals surface area contributed by atoms with Crippen molar-refractivity contribution in [2.75, 3.05) is 10.3 Å². The van der Waals surface area contributed by atoms with Crippen LogP contribution in [-0.2, 0) is 29.8 Å². The molecule has 4 rings (SSSR count). The number of hydrazone groups is 1. The second kappa shape index (κ2) is 16.1. The zero-order valence-electron chi connectivity index (χ0n) is 22.9. The van der Waals surface area contributed by atoms with Gasteiger partial charge in [-0.3, -0.25) is 4.79 Å². The first-order valence-corrected chi connectivity index (χ1v) is 14.2. The molecule has 1 aromatic heterocycles. The summed E-state index contributed by atoms with van der Waals surface area (Å²) < 4.78 is 69.3. The van der Waals surface area contributed by atoms with Crippen LogP contribution in [0, 0.1) is 6.92 Å². The fourth-order valence-corrected chi connectivity index (χ4v) is 4.92. The van der Waals surface area contributed by atoms with Crippen molar-refractivity contribution in [3.63, 3.8) is 0 Å². The normalized spacial score (nSPS) is 14.8. The van der Waals surface area contributed by atoms with Crippen molar-refractivity contribution in [1.29, 1.82) is 0 Å². The van der Waals surface area contributed by atoms with E-state index in [1.54, 1.807) is 0 Å². The van der Waals surface area contributed by atoms with E-state index in [4.69, 9.17) is 23.2 Å². The number of benzene rings is 2. The van der Waals surface area contributed by atoms with E-state index in [0.717, 1.165) is 36.4 Å². The quantitative estimate of drug-likeness (QED) is 0.129. The topological polar surface area (TPSA) is 263 Å². The molecule has 2 aromatic carbocycles. The number of aryl methyl sites for hydroxylation is 1. The Balaban J connectivity index is 0.00000323. The number of carbonyl (C=O) groups is 2. The Bertz CT molecular complexity index is 1880. The number of halogens is 2. The van der Waals surface area contributed by atoms with Crippen LogP contribution < -0.4 is 104 Å². The maximum Gasteiger partial charge on any atom is 1.00 e. The predicted molar refractivity (Wildman–Crippen MR) is 135 cm³/mol. The number of anilines is 3. The number of aliphatic carboxylic acids is 1. The van der Waals surface area contributed by atoms with Gasteiger partial charge in [0.25, 0.3) is 5.91 Å². The second-order valence-electron chi connectivity index (χ2n) is 7.90. The number of rotatable bonds is 8. The number of carboxylic acids is 1. The molecule has 0 bridgehead atoms. The molecule has 1 aliphatic rings. The minimum atomic E-state index is -5.15. The number of nitrogens with zero attached hydrogens (tertiary/aromatic N) is 7. The molecule has 0 saturated carbocycles. The number of azo groups is 1.